The van der Waals surface area contributed by atoms with Crippen molar-refractivity contribution in [2.24, 2.45) is 0 Å². The number of benzene rings is 1. The zero-order chi connectivity index (χ0) is 17.1. The van der Waals surface area contributed by atoms with Gasteiger partial charge in [-0.05, 0) is 43.8 Å². The van der Waals surface area contributed by atoms with Gasteiger partial charge in [-0.3, -0.25) is 4.90 Å². The highest BCUT2D eigenvalue weighted by Gasteiger charge is 2.25. The fourth-order valence-electron chi connectivity index (χ4n) is 3.47. The molecule has 0 bridgehead atoms. The van der Waals surface area contributed by atoms with E-state index in [-0.39, 0.29) is 6.03 Å². The quantitative estimate of drug-likeness (QED) is 0.897. The number of piperazine rings is 1. The maximum Gasteiger partial charge on any atom is 0.317 e. The Morgan fingerprint density at radius 1 is 1.25 bits per heavy atom. The van der Waals surface area contributed by atoms with E-state index in [4.69, 9.17) is 4.74 Å². The predicted molar refractivity (Wildman–Crippen MR) is 94.4 cm³/mol. The van der Waals surface area contributed by atoms with Crippen molar-refractivity contribution < 1.29 is 9.53 Å². The molecule has 0 saturated carbocycles. The number of urea groups is 1. The molecular formula is C18H28N4O2. The van der Waals surface area contributed by atoms with Crippen molar-refractivity contribution in [3.05, 3.63) is 29.3 Å². The highest BCUT2D eigenvalue weighted by Crippen LogP contribution is 2.23. The van der Waals surface area contributed by atoms with Crippen molar-refractivity contribution >= 4 is 6.03 Å². The van der Waals surface area contributed by atoms with E-state index in [2.05, 4.69) is 41.3 Å². The second-order valence-corrected chi connectivity index (χ2v) is 6.89. The van der Waals surface area contributed by atoms with Crippen LogP contribution >= 0.6 is 0 Å². The molecule has 6 heteroatoms. The number of hydrogen-bond acceptors (Lipinski definition) is 4. The largest absolute Gasteiger partial charge is 0.497 e. The van der Waals surface area contributed by atoms with Crippen LogP contribution in [0.4, 0.5) is 4.79 Å². The second kappa shape index (κ2) is 7.40. The number of nitrogens with zero attached hydrogens (tertiary/aromatic N) is 3. The average Bonchev–Trinajstić information content (AvgIpc) is 2.61. The van der Waals surface area contributed by atoms with E-state index < -0.39 is 0 Å². The summed E-state index contributed by atoms with van der Waals surface area (Å²) in [6, 6.07) is 6.54. The van der Waals surface area contributed by atoms with Crippen molar-refractivity contribution in [3.8, 4) is 5.75 Å². The lowest BCUT2D eigenvalue weighted by molar-refractivity contribution is 0.112. The van der Waals surface area contributed by atoms with Crippen molar-refractivity contribution in [2.45, 2.75) is 19.0 Å². The number of carbonyl (C=O) groups excluding carboxylic acids is 1. The summed E-state index contributed by atoms with van der Waals surface area (Å²) in [6.45, 7) is 5.27. The molecule has 132 valence electrons. The molecule has 0 aromatic heterocycles. The third-order valence-corrected chi connectivity index (χ3v) is 5.18. The van der Waals surface area contributed by atoms with Gasteiger partial charge in [0.15, 0.2) is 0 Å². The Bertz CT molecular complexity index is 592. The van der Waals surface area contributed by atoms with E-state index in [0.717, 1.165) is 38.3 Å². The fraction of sp³-hybridized carbons (Fsp3) is 0.611. The van der Waals surface area contributed by atoms with Gasteiger partial charge in [-0.2, -0.15) is 0 Å². The van der Waals surface area contributed by atoms with Crippen molar-refractivity contribution in [1.29, 1.82) is 0 Å². The number of carbonyl (C=O) groups is 1. The van der Waals surface area contributed by atoms with Crippen molar-refractivity contribution in [1.82, 2.24) is 20.0 Å². The summed E-state index contributed by atoms with van der Waals surface area (Å²) < 4.78 is 5.28. The summed E-state index contributed by atoms with van der Waals surface area (Å²) in [7, 11) is 5.95. The molecule has 1 fully saturated rings. The molecule has 24 heavy (non-hydrogen) atoms. The molecule has 0 radical (unpaired) electrons. The molecule has 0 spiro atoms. The molecule has 1 saturated heterocycles. The van der Waals surface area contributed by atoms with Gasteiger partial charge < -0.3 is 19.9 Å². The molecule has 2 aliphatic rings. The zero-order valence-electron chi connectivity index (χ0n) is 14.9. The third kappa shape index (κ3) is 3.82. The van der Waals surface area contributed by atoms with Crippen molar-refractivity contribution in [2.75, 3.05) is 53.9 Å². The summed E-state index contributed by atoms with van der Waals surface area (Å²) in [6.07, 6.45) is 0.881. The lowest BCUT2D eigenvalue weighted by Crippen LogP contribution is -2.55. The van der Waals surface area contributed by atoms with Crippen LogP contribution in [0.15, 0.2) is 18.2 Å². The number of nitrogens with one attached hydrogen (secondary N) is 1. The molecule has 0 aliphatic carbocycles. The van der Waals surface area contributed by atoms with E-state index in [1.807, 2.05) is 11.0 Å². The van der Waals surface area contributed by atoms with Gasteiger partial charge in [-0.1, -0.05) is 6.07 Å². The third-order valence-electron chi connectivity index (χ3n) is 5.18. The van der Waals surface area contributed by atoms with Gasteiger partial charge in [-0.15, -0.1) is 0 Å². The van der Waals surface area contributed by atoms with Crippen molar-refractivity contribution in [3.63, 3.8) is 0 Å². The Labute approximate surface area is 144 Å². The van der Waals surface area contributed by atoms with Crippen LogP contribution in [0.1, 0.15) is 11.1 Å². The van der Waals surface area contributed by atoms with Gasteiger partial charge in [-0.25, -0.2) is 4.79 Å². The molecule has 1 aromatic carbocycles. The minimum atomic E-state index is 0.0399. The molecule has 2 aliphatic heterocycles. The van der Waals surface area contributed by atoms with Crippen LogP contribution in [-0.4, -0.2) is 80.7 Å². The lowest BCUT2D eigenvalue weighted by atomic mass is 10.00. The second-order valence-electron chi connectivity index (χ2n) is 6.89. The molecule has 2 amide bonds. The minimum absolute atomic E-state index is 0.0399. The first-order valence-corrected chi connectivity index (χ1v) is 8.64. The van der Waals surface area contributed by atoms with Gasteiger partial charge in [0.1, 0.15) is 5.75 Å². The smallest absolute Gasteiger partial charge is 0.317 e. The first kappa shape index (κ1) is 17.0. The summed E-state index contributed by atoms with van der Waals surface area (Å²) >= 11 is 0. The summed E-state index contributed by atoms with van der Waals surface area (Å²) in [5.74, 6) is 0.885. The highest BCUT2D eigenvalue weighted by molar-refractivity contribution is 5.74. The average molecular weight is 332 g/mol. The number of amides is 2. The van der Waals surface area contributed by atoms with E-state index in [9.17, 15) is 4.79 Å². The highest BCUT2D eigenvalue weighted by atomic mass is 16.5. The Morgan fingerprint density at radius 3 is 2.88 bits per heavy atom. The Kier molecular flexibility index (Phi) is 5.26. The molecule has 1 unspecified atom stereocenters. The number of rotatable bonds is 3. The lowest BCUT2D eigenvalue weighted by Gasteiger charge is -2.38. The first-order valence-electron chi connectivity index (χ1n) is 8.64. The number of hydrogen-bond donors (Lipinski definition) is 1. The summed E-state index contributed by atoms with van der Waals surface area (Å²) in [5, 5.41) is 3.12. The maximum absolute atomic E-state index is 12.5. The van der Waals surface area contributed by atoms with E-state index in [1.165, 1.54) is 11.1 Å². The van der Waals surface area contributed by atoms with Gasteiger partial charge >= 0.3 is 6.03 Å². The topological polar surface area (TPSA) is 48.1 Å². The molecule has 1 N–H and O–H groups in total. The van der Waals surface area contributed by atoms with E-state index >= 15 is 0 Å². The minimum Gasteiger partial charge on any atom is -0.497 e. The van der Waals surface area contributed by atoms with Gasteiger partial charge in [0.2, 0.25) is 0 Å². The fourth-order valence-corrected chi connectivity index (χ4v) is 3.47. The maximum atomic E-state index is 12.5. The molecule has 6 nitrogen and oxygen atoms in total. The van der Waals surface area contributed by atoms with Gasteiger partial charge in [0.25, 0.3) is 0 Å². The number of methoxy groups -OCH3 is 1. The SMILES string of the molecule is COc1ccc2c(c1)CCN(C(=O)NCC1CN(C)CCN1C)C2. The van der Waals surface area contributed by atoms with Crippen LogP contribution in [0.5, 0.6) is 5.75 Å². The van der Waals surface area contributed by atoms with E-state index in [1.54, 1.807) is 7.11 Å². The van der Waals surface area contributed by atoms with Crippen LogP contribution in [0.2, 0.25) is 0 Å². The van der Waals surface area contributed by atoms with Crippen LogP contribution in [0.25, 0.3) is 0 Å². The summed E-state index contributed by atoms with van der Waals surface area (Å²) in [5.41, 5.74) is 2.50. The monoisotopic (exact) mass is 332 g/mol. The zero-order valence-corrected chi connectivity index (χ0v) is 14.9. The van der Waals surface area contributed by atoms with Crippen LogP contribution in [0, 0.1) is 0 Å². The van der Waals surface area contributed by atoms with Crippen LogP contribution < -0.4 is 10.1 Å². The standard InChI is InChI=1S/C18H28N4O2/c1-20-8-9-21(2)16(13-20)11-19-18(23)22-7-6-14-10-17(24-3)5-4-15(14)12-22/h4-5,10,16H,6-9,11-13H2,1-3H3,(H,19,23). The summed E-state index contributed by atoms with van der Waals surface area (Å²) in [4.78, 5) is 19.1. The number of ether oxygens (including phenoxy) is 1. The Hall–Kier alpha value is -1.79. The predicted octanol–water partition coefficient (Wildman–Crippen LogP) is 1.01. The first-order chi connectivity index (χ1) is 11.6. The van der Waals surface area contributed by atoms with Crippen LogP contribution in [0.3, 0.4) is 0 Å². The number of fused-ring (bicyclic) bond motifs is 1. The number of likely N-dealkylation sites (N-methyl/N-ethyl adjacent to an activating group) is 2. The Balaban J connectivity index is 1.54. The van der Waals surface area contributed by atoms with Crippen LogP contribution in [-0.2, 0) is 13.0 Å². The normalized spacial score (nSPS) is 22.1. The Morgan fingerprint density at radius 2 is 2.08 bits per heavy atom. The van der Waals surface area contributed by atoms with Gasteiger partial charge in [0.05, 0.1) is 7.11 Å². The molecular weight excluding hydrogens is 304 g/mol. The molecule has 1 atom stereocenters. The molecule has 3 rings (SSSR count). The molecule has 2 heterocycles. The van der Waals surface area contributed by atoms with Gasteiger partial charge in [0, 0.05) is 45.3 Å². The van der Waals surface area contributed by atoms with E-state index in [0.29, 0.717) is 19.1 Å². The molecule has 1 aromatic rings.